The van der Waals surface area contributed by atoms with Crippen LogP contribution in [0.1, 0.15) is 57.0 Å². The van der Waals surface area contributed by atoms with E-state index in [2.05, 4.69) is 31.0 Å². The molecule has 2 aromatic rings. The number of nitrogens with zero attached hydrogens (tertiary/aromatic N) is 1. The zero-order valence-electron chi connectivity index (χ0n) is 21.4. The Morgan fingerprint density at radius 2 is 1.66 bits per heavy atom. The molecule has 2 rings (SSSR count). The molecule has 0 aromatic heterocycles. The van der Waals surface area contributed by atoms with Gasteiger partial charge >= 0.3 is 5.97 Å². The first kappa shape index (κ1) is 28.8. The molecule has 0 aliphatic heterocycles. The van der Waals surface area contributed by atoms with Crippen molar-refractivity contribution >= 4 is 51.9 Å². The minimum Gasteiger partial charge on any atom is -0.481 e. The zero-order valence-corrected chi connectivity index (χ0v) is 23.0. The number of hydrogen-bond acceptors (Lipinski definition) is 6. The molecule has 0 saturated carbocycles. The Kier molecular flexibility index (Phi) is 10.3. The van der Waals surface area contributed by atoms with Crippen molar-refractivity contribution in [2.75, 3.05) is 28.8 Å². The number of carbonyl (C=O) groups excluding carboxylic acids is 2. The van der Waals surface area contributed by atoms with Gasteiger partial charge in [-0.25, -0.2) is 0 Å². The summed E-state index contributed by atoms with van der Waals surface area (Å²) in [5, 5.41) is 11.9. The second-order valence-corrected chi connectivity index (χ2v) is 12.1. The first-order chi connectivity index (χ1) is 16.3. The van der Waals surface area contributed by atoms with Gasteiger partial charge in [0.2, 0.25) is 11.0 Å². The van der Waals surface area contributed by atoms with E-state index in [0.717, 1.165) is 23.0 Å². The van der Waals surface area contributed by atoms with Crippen LogP contribution in [0.15, 0.2) is 48.5 Å². The van der Waals surface area contributed by atoms with Gasteiger partial charge in [0.1, 0.15) is 0 Å². The molecule has 8 heteroatoms. The summed E-state index contributed by atoms with van der Waals surface area (Å²) in [5.41, 5.74) is 2.34. The third-order valence-electron chi connectivity index (χ3n) is 5.64. The first-order valence-electron chi connectivity index (χ1n) is 11.5. The summed E-state index contributed by atoms with van der Waals surface area (Å²) in [5.74, 6) is 0.437. The summed E-state index contributed by atoms with van der Waals surface area (Å²) in [6.45, 7) is 10.0. The maximum Gasteiger partial charge on any atom is 0.304 e. The molecule has 0 radical (unpaired) electrons. The van der Waals surface area contributed by atoms with Gasteiger partial charge < -0.3 is 15.3 Å². The molecule has 0 unspecified atom stereocenters. The smallest absolute Gasteiger partial charge is 0.304 e. The van der Waals surface area contributed by atoms with Crippen LogP contribution < -0.4 is 10.2 Å². The van der Waals surface area contributed by atoms with Gasteiger partial charge in [-0.1, -0.05) is 62.0 Å². The number of carboxylic acids is 1. The molecule has 2 aromatic carbocycles. The highest BCUT2D eigenvalue weighted by Crippen LogP contribution is 2.32. The Labute approximate surface area is 217 Å². The van der Waals surface area contributed by atoms with Gasteiger partial charge in [0, 0.05) is 46.8 Å². The SMILES string of the molecule is CN(c1ccc(CSCCC(=O)O)c(NC(=O)C(C)(C)CSC(=O)c2ccccc2)c1)C(C)(C)C. The molecule has 1 amide bonds. The Balaban J connectivity index is 2.18. The largest absolute Gasteiger partial charge is 0.481 e. The number of hydrogen-bond donors (Lipinski definition) is 2. The van der Waals surface area contributed by atoms with Crippen molar-refractivity contribution < 1.29 is 19.5 Å². The summed E-state index contributed by atoms with van der Waals surface area (Å²) in [7, 11) is 2.01. The van der Waals surface area contributed by atoms with Gasteiger partial charge in [-0.05, 0) is 38.5 Å². The quantitative estimate of drug-likeness (QED) is 0.346. The number of rotatable bonds is 11. The number of carboxylic acid groups (broad SMARTS) is 1. The summed E-state index contributed by atoms with van der Waals surface area (Å²) in [4.78, 5) is 38.8. The third-order valence-corrected chi connectivity index (χ3v) is 8.01. The number of anilines is 2. The van der Waals surface area contributed by atoms with E-state index in [1.165, 1.54) is 11.8 Å². The van der Waals surface area contributed by atoms with Crippen molar-refractivity contribution in [1.82, 2.24) is 0 Å². The lowest BCUT2D eigenvalue weighted by molar-refractivity contribution is -0.136. The van der Waals surface area contributed by atoms with Crippen molar-refractivity contribution in [1.29, 1.82) is 0 Å². The van der Waals surface area contributed by atoms with Crippen molar-refractivity contribution in [3.8, 4) is 0 Å². The lowest BCUT2D eigenvalue weighted by atomic mass is 9.95. The fraction of sp³-hybridized carbons (Fsp3) is 0.444. The Hall–Kier alpha value is -2.45. The fourth-order valence-electron chi connectivity index (χ4n) is 3.00. The number of benzene rings is 2. The molecule has 0 aliphatic rings. The van der Waals surface area contributed by atoms with Crippen LogP contribution >= 0.6 is 23.5 Å². The van der Waals surface area contributed by atoms with Crippen molar-refractivity contribution in [3.63, 3.8) is 0 Å². The number of carbonyl (C=O) groups is 3. The first-order valence-corrected chi connectivity index (χ1v) is 13.7. The molecule has 0 heterocycles. The second kappa shape index (κ2) is 12.5. The van der Waals surface area contributed by atoms with E-state index in [1.807, 2.05) is 57.3 Å². The minimum atomic E-state index is -0.822. The molecule has 6 nitrogen and oxygen atoms in total. The van der Waals surface area contributed by atoms with Gasteiger partial charge in [-0.2, -0.15) is 11.8 Å². The predicted octanol–water partition coefficient (Wildman–Crippen LogP) is 6.17. The molecule has 0 spiro atoms. The normalized spacial score (nSPS) is 11.7. The van der Waals surface area contributed by atoms with Crippen LogP contribution in [-0.4, -0.2) is 46.2 Å². The Bertz CT molecular complexity index is 1030. The molecule has 0 saturated heterocycles. The minimum absolute atomic E-state index is 0.0595. The highest BCUT2D eigenvalue weighted by atomic mass is 32.2. The summed E-state index contributed by atoms with van der Waals surface area (Å²) >= 11 is 2.66. The molecule has 35 heavy (non-hydrogen) atoms. The maximum absolute atomic E-state index is 13.3. The molecule has 0 aliphatic carbocycles. The van der Waals surface area contributed by atoms with Crippen LogP contribution in [0.2, 0.25) is 0 Å². The van der Waals surface area contributed by atoms with Crippen molar-refractivity contribution in [2.45, 2.75) is 52.3 Å². The third kappa shape index (κ3) is 8.93. The number of nitrogens with one attached hydrogen (secondary N) is 1. The monoisotopic (exact) mass is 516 g/mol. The number of thioether (sulfide) groups is 2. The van der Waals surface area contributed by atoms with Gasteiger partial charge in [0.05, 0.1) is 11.8 Å². The lowest BCUT2D eigenvalue weighted by Crippen LogP contribution is -2.38. The molecule has 2 N–H and O–H groups in total. The summed E-state index contributed by atoms with van der Waals surface area (Å²) in [6.07, 6.45) is 0.0941. The van der Waals surface area contributed by atoms with E-state index in [1.54, 1.807) is 12.1 Å². The van der Waals surface area contributed by atoms with Crippen molar-refractivity contribution in [3.05, 3.63) is 59.7 Å². The lowest BCUT2D eigenvalue weighted by Gasteiger charge is -2.34. The second-order valence-electron chi connectivity index (χ2n) is 10.0. The van der Waals surface area contributed by atoms with E-state index >= 15 is 0 Å². The number of aliphatic carboxylic acids is 1. The van der Waals surface area contributed by atoms with Crippen LogP contribution in [0.25, 0.3) is 0 Å². The highest BCUT2D eigenvalue weighted by molar-refractivity contribution is 8.14. The fourth-order valence-corrected chi connectivity index (χ4v) is 4.87. The summed E-state index contributed by atoms with van der Waals surface area (Å²) in [6, 6.07) is 15.0. The van der Waals surface area contributed by atoms with Gasteiger partial charge in [0.25, 0.3) is 0 Å². The topological polar surface area (TPSA) is 86.7 Å². The van der Waals surface area contributed by atoms with E-state index < -0.39 is 11.4 Å². The molecule has 0 fully saturated rings. The van der Waals surface area contributed by atoms with E-state index in [9.17, 15) is 14.4 Å². The van der Waals surface area contributed by atoms with E-state index in [0.29, 0.717) is 28.5 Å². The van der Waals surface area contributed by atoms with E-state index in [-0.39, 0.29) is 23.0 Å². The van der Waals surface area contributed by atoms with Crippen LogP contribution in [-0.2, 0) is 15.3 Å². The van der Waals surface area contributed by atoms with Gasteiger partial charge in [0.15, 0.2) is 0 Å². The van der Waals surface area contributed by atoms with Gasteiger partial charge in [-0.3, -0.25) is 14.4 Å². The molecule has 0 atom stereocenters. The van der Waals surface area contributed by atoms with E-state index in [4.69, 9.17) is 5.11 Å². The average molecular weight is 517 g/mol. The average Bonchev–Trinajstić information content (AvgIpc) is 2.80. The predicted molar refractivity (Wildman–Crippen MR) is 149 cm³/mol. The zero-order chi connectivity index (χ0) is 26.2. The van der Waals surface area contributed by atoms with Crippen LogP contribution in [0, 0.1) is 5.41 Å². The summed E-state index contributed by atoms with van der Waals surface area (Å²) < 4.78 is 0. The van der Waals surface area contributed by atoms with Crippen LogP contribution in [0.4, 0.5) is 11.4 Å². The van der Waals surface area contributed by atoms with Crippen LogP contribution in [0.5, 0.6) is 0 Å². The highest BCUT2D eigenvalue weighted by Gasteiger charge is 2.30. The van der Waals surface area contributed by atoms with Crippen LogP contribution in [0.3, 0.4) is 0 Å². The molecular weight excluding hydrogens is 480 g/mol. The standard InChI is InChI=1S/C27H36N2O4S2/c1-26(2,3)29(6)21-13-12-20(17-34-15-14-23(30)31)22(16-21)28-25(33)27(4,5)18-35-24(32)19-10-8-7-9-11-19/h7-13,16H,14-15,17-18H2,1-6H3,(H,28,33)(H,30,31). The Morgan fingerprint density at radius 3 is 2.26 bits per heavy atom. The molecular formula is C27H36N2O4S2. The van der Waals surface area contributed by atoms with Crippen molar-refractivity contribution in [2.24, 2.45) is 5.41 Å². The molecule has 0 bridgehead atoms. The maximum atomic E-state index is 13.3. The Morgan fingerprint density at radius 1 is 1.00 bits per heavy atom. The van der Waals surface area contributed by atoms with Gasteiger partial charge in [-0.15, -0.1) is 0 Å². The molecule has 190 valence electrons. The number of amides is 1.